The molecule has 5 nitrogen and oxygen atoms in total. The minimum Gasteiger partial charge on any atom is -0.462 e. The number of hydrogen-bond donors (Lipinski definition) is 1. The Hall–Kier alpha value is -3.34. The molecule has 7 rings (SSSR count). The highest BCUT2D eigenvalue weighted by atomic mass is 16.5. The first-order valence-corrected chi connectivity index (χ1v) is 15.2. The third-order valence-electron chi connectivity index (χ3n) is 11.1. The molecule has 1 heterocycles. The molecule has 0 radical (unpaired) electrons. The average molecular weight is 536 g/mol. The predicted octanol–water partition coefficient (Wildman–Crippen LogP) is 7.86. The first-order chi connectivity index (χ1) is 19.4. The number of hydrogen-bond acceptors (Lipinski definition) is 4. The highest BCUT2D eigenvalue weighted by Crippen LogP contribution is 2.67. The van der Waals surface area contributed by atoms with Crippen LogP contribution in [0.5, 0.6) is 0 Å². The summed E-state index contributed by atoms with van der Waals surface area (Å²) in [4.78, 5) is 16.5. The number of ether oxygens (including phenoxy) is 1. The molecule has 3 aromatic rings. The van der Waals surface area contributed by atoms with Gasteiger partial charge in [-0.1, -0.05) is 55.8 Å². The lowest BCUT2D eigenvalue weighted by Crippen LogP contribution is -2.50. The minimum atomic E-state index is -0.149. The summed E-state index contributed by atoms with van der Waals surface area (Å²) in [5, 5.41) is 3.75. The lowest BCUT2D eigenvalue weighted by atomic mass is 9.47. The first kappa shape index (κ1) is 25.6. The van der Waals surface area contributed by atoms with E-state index in [0.29, 0.717) is 17.8 Å². The standard InChI is InChI=1S/C35H41N3O2/c1-23(39)40-27-15-17-34(2)25(20-27)13-14-28-29(34)16-18-35(3)30(28)19-24(21-36-26-9-5-4-6-10-26)33(35)38-22-37-31-11-7-8-12-32(31)38/h4-13,22,27-30,36H,14-21H2,1-3H3/t27-,28+,29-,30-,34-,35-/m0/s1. The molecule has 5 heteroatoms. The van der Waals surface area contributed by atoms with Crippen molar-refractivity contribution >= 4 is 28.4 Å². The Morgan fingerprint density at radius 1 is 1.00 bits per heavy atom. The Morgan fingerprint density at radius 2 is 1.77 bits per heavy atom. The first-order valence-electron chi connectivity index (χ1n) is 15.2. The van der Waals surface area contributed by atoms with E-state index in [1.165, 1.54) is 35.3 Å². The second-order valence-electron chi connectivity index (χ2n) is 13.2. The van der Waals surface area contributed by atoms with Gasteiger partial charge < -0.3 is 14.6 Å². The number of aromatic nitrogens is 2. The number of imidazole rings is 1. The molecule has 1 N–H and O–H groups in total. The van der Waals surface area contributed by atoms with E-state index in [4.69, 9.17) is 9.72 Å². The zero-order chi connectivity index (χ0) is 27.5. The fourth-order valence-corrected chi connectivity index (χ4v) is 9.22. The van der Waals surface area contributed by atoms with Gasteiger partial charge >= 0.3 is 5.97 Å². The number of allylic oxidation sites excluding steroid dienone is 2. The van der Waals surface area contributed by atoms with Gasteiger partial charge in [0.05, 0.1) is 11.0 Å². The van der Waals surface area contributed by atoms with Gasteiger partial charge in [-0.05, 0) is 91.5 Å². The molecular formula is C35H41N3O2. The number of nitrogens with zero attached hydrogens (tertiary/aromatic N) is 2. The highest BCUT2D eigenvalue weighted by molar-refractivity contribution is 5.81. The molecule has 4 aliphatic carbocycles. The van der Waals surface area contributed by atoms with Crippen molar-refractivity contribution in [2.75, 3.05) is 11.9 Å². The third-order valence-corrected chi connectivity index (χ3v) is 11.1. The number of anilines is 1. The van der Waals surface area contributed by atoms with Crippen LogP contribution in [-0.2, 0) is 9.53 Å². The molecule has 0 unspecified atom stereocenters. The largest absolute Gasteiger partial charge is 0.462 e. The van der Waals surface area contributed by atoms with Gasteiger partial charge in [0.2, 0.25) is 0 Å². The van der Waals surface area contributed by atoms with Gasteiger partial charge in [-0.2, -0.15) is 0 Å². The van der Waals surface area contributed by atoms with E-state index in [-0.39, 0.29) is 22.9 Å². The molecule has 0 aliphatic heterocycles. The lowest BCUT2D eigenvalue weighted by Gasteiger charge is -2.57. The fraction of sp³-hybridized carbons (Fsp3) is 0.486. The molecule has 2 fully saturated rings. The van der Waals surface area contributed by atoms with E-state index in [1.807, 2.05) is 0 Å². The predicted molar refractivity (Wildman–Crippen MR) is 161 cm³/mol. The molecule has 0 amide bonds. The maximum Gasteiger partial charge on any atom is 0.302 e. The van der Waals surface area contributed by atoms with Gasteiger partial charge in [0, 0.05) is 36.7 Å². The van der Waals surface area contributed by atoms with Crippen molar-refractivity contribution in [1.29, 1.82) is 0 Å². The maximum atomic E-state index is 11.7. The summed E-state index contributed by atoms with van der Waals surface area (Å²) in [6.07, 6.45) is 12.4. The highest BCUT2D eigenvalue weighted by Gasteiger charge is 2.58. The smallest absolute Gasteiger partial charge is 0.302 e. The zero-order valence-electron chi connectivity index (χ0n) is 24.0. The average Bonchev–Trinajstić information content (AvgIpc) is 3.50. The van der Waals surface area contributed by atoms with Crippen LogP contribution in [-0.4, -0.2) is 28.2 Å². The Labute approximate surface area is 237 Å². The number of para-hydroxylation sites is 3. The summed E-state index contributed by atoms with van der Waals surface area (Å²) in [5.74, 6) is 1.81. The topological polar surface area (TPSA) is 56.2 Å². The number of carbonyl (C=O) groups excluding carboxylic acids is 1. The van der Waals surface area contributed by atoms with Gasteiger partial charge in [-0.3, -0.25) is 4.79 Å². The van der Waals surface area contributed by atoms with Crippen LogP contribution in [0.1, 0.15) is 65.7 Å². The van der Waals surface area contributed by atoms with Crippen molar-refractivity contribution in [1.82, 2.24) is 9.55 Å². The molecule has 2 aromatic carbocycles. The number of nitrogens with one attached hydrogen (secondary N) is 1. The molecule has 0 saturated heterocycles. The normalized spacial score (nSPS) is 33.1. The molecule has 40 heavy (non-hydrogen) atoms. The summed E-state index contributed by atoms with van der Waals surface area (Å²) < 4.78 is 8.10. The van der Waals surface area contributed by atoms with Gasteiger partial charge in [0.15, 0.2) is 0 Å². The number of esters is 1. The van der Waals surface area contributed by atoms with Crippen molar-refractivity contribution in [3.8, 4) is 0 Å². The van der Waals surface area contributed by atoms with Crippen LogP contribution in [0.3, 0.4) is 0 Å². The van der Waals surface area contributed by atoms with E-state index in [1.54, 1.807) is 12.5 Å². The number of fused-ring (bicyclic) bond motifs is 6. The SMILES string of the molecule is CC(=O)O[C@H]1CC[C@@]2(C)C(=CC[C@@H]3[C@@H]2CC[C@]2(C)C(n4cnc5ccccc54)=C(CNc4ccccc4)C[C@@H]32)C1. The van der Waals surface area contributed by atoms with Crippen LogP contribution in [0.15, 0.2) is 78.1 Å². The molecule has 6 atom stereocenters. The van der Waals surface area contributed by atoms with Crippen molar-refractivity contribution in [2.45, 2.75) is 71.8 Å². The van der Waals surface area contributed by atoms with Gasteiger partial charge in [-0.25, -0.2) is 4.98 Å². The van der Waals surface area contributed by atoms with Crippen LogP contribution in [0.4, 0.5) is 5.69 Å². The molecule has 208 valence electrons. The zero-order valence-corrected chi connectivity index (χ0v) is 24.0. The van der Waals surface area contributed by atoms with Gasteiger partial charge in [0.25, 0.3) is 0 Å². The van der Waals surface area contributed by atoms with Gasteiger partial charge in [0.1, 0.15) is 12.4 Å². The van der Waals surface area contributed by atoms with Crippen molar-refractivity contribution in [3.63, 3.8) is 0 Å². The van der Waals surface area contributed by atoms with Crippen molar-refractivity contribution < 1.29 is 9.53 Å². The maximum absolute atomic E-state index is 11.7. The number of carbonyl (C=O) groups is 1. The van der Waals surface area contributed by atoms with Crippen molar-refractivity contribution in [2.24, 2.45) is 28.6 Å². The second-order valence-corrected chi connectivity index (χ2v) is 13.2. The summed E-state index contributed by atoms with van der Waals surface area (Å²) in [7, 11) is 0. The molecule has 1 aromatic heterocycles. The Morgan fingerprint density at radius 3 is 2.60 bits per heavy atom. The summed E-state index contributed by atoms with van der Waals surface area (Å²) in [6.45, 7) is 7.47. The molecular weight excluding hydrogens is 494 g/mol. The third kappa shape index (κ3) is 4.03. The van der Waals surface area contributed by atoms with Crippen LogP contribution in [0.2, 0.25) is 0 Å². The van der Waals surface area contributed by atoms with Crippen molar-refractivity contribution in [3.05, 3.63) is 78.1 Å². The molecule has 0 spiro atoms. The lowest BCUT2D eigenvalue weighted by molar-refractivity contribution is -0.148. The summed E-state index contributed by atoms with van der Waals surface area (Å²) in [6, 6.07) is 19.2. The van der Waals surface area contributed by atoms with E-state index in [0.717, 1.165) is 44.2 Å². The monoisotopic (exact) mass is 535 g/mol. The second kappa shape index (κ2) is 9.64. The van der Waals surface area contributed by atoms with Crippen LogP contribution in [0.25, 0.3) is 16.7 Å². The van der Waals surface area contributed by atoms with Crippen LogP contribution < -0.4 is 5.32 Å². The van der Waals surface area contributed by atoms with E-state index >= 15 is 0 Å². The summed E-state index contributed by atoms with van der Waals surface area (Å²) >= 11 is 0. The quantitative estimate of drug-likeness (QED) is 0.267. The van der Waals surface area contributed by atoms with E-state index in [2.05, 4.69) is 90.7 Å². The van der Waals surface area contributed by atoms with Crippen LogP contribution in [0, 0.1) is 28.6 Å². The van der Waals surface area contributed by atoms with Crippen LogP contribution >= 0.6 is 0 Å². The fourth-order valence-electron chi connectivity index (χ4n) is 9.22. The van der Waals surface area contributed by atoms with E-state index < -0.39 is 0 Å². The molecule has 0 bridgehead atoms. The Balaban J connectivity index is 1.24. The minimum absolute atomic E-state index is 0.0483. The van der Waals surface area contributed by atoms with E-state index in [9.17, 15) is 4.79 Å². The Bertz CT molecular complexity index is 1500. The summed E-state index contributed by atoms with van der Waals surface area (Å²) in [5.41, 5.74) is 8.32. The van der Waals surface area contributed by atoms with Gasteiger partial charge in [-0.15, -0.1) is 0 Å². The molecule has 2 saturated carbocycles. The molecule has 4 aliphatic rings. The number of rotatable bonds is 5. The number of benzene rings is 2. The Kier molecular flexibility index (Phi) is 6.17.